The van der Waals surface area contributed by atoms with Crippen LogP contribution in [-0.4, -0.2) is 40.7 Å². The van der Waals surface area contributed by atoms with Gasteiger partial charge in [0.05, 0.1) is 17.9 Å². The van der Waals surface area contributed by atoms with Crippen molar-refractivity contribution in [1.29, 1.82) is 0 Å². The number of hydrogen-bond acceptors (Lipinski definition) is 5. The molecule has 7 nitrogen and oxygen atoms in total. The van der Waals surface area contributed by atoms with Crippen LogP contribution in [0.2, 0.25) is 0 Å². The summed E-state index contributed by atoms with van der Waals surface area (Å²) < 4.78 is 35.3. The summed E-state index contributed by atoms with van der Waals surface area (Å²) in [5.41, 5.74) is 3.26. The number of aromatic nitrogens is 3. The lowest BCUT2D eigenvalue weighted by molar-refractivity contribution is 0.366. The van der Waals surface area contributed by atoms with E-state index in [2.05, 4.69) is 10.3 Å². The molecule has 0 amide bonds. The second-order valence-electron chi connectivity index (χ2n) is 7.30. The van der Waals surface area contributed by atoms with E-state index in [1.54, 1.807) is 15.9 Å². The minimum absolute atomic E-state index is 0.335. The summed E-state index contributed by atoms with van der Waals surface area (Å²) in [7, 11) is -3.56. The molecule has 0 fully saturated rings. The molecule has 8 heteroatoms. The number of rotatable bonds is 8. The largest absolute Gasteiger partial charge is 0.361 e. The van der Waals surface area contributed by atoms with Crippen molar-refractivity contribution in [3.8, 4) is 0 Å². The van der Waals surface area contributed by atoms with Crippen LogP contribution in [-0.2, 0) is 29.4 Å². The van der Waals surface area contributed by atoms with Crippen LogP contribution < -0.4 is 0 Å². The zero-order valence-corrected chi connectivity index (χ0v) is 17.6. The Kier molecular flexibility index (Phi) is 6.05. The number of sulfonamides is 1. The molecule has 150 valence electrons. The summed E-state index contributed by atoms with van der Waals surface area (Å²) in [5, 5.41) is 8.77. The van der Waals surface area contributed by atoms with Crippen LogP contribution in [0.5, 0.6) is 0 Å². The van der Waals surface area contributed by atoms with E-state index >= 15 is 0 Å². The third kappa shape index (κ3) is 3.82. The lowest BCUT2D eigenvalue weighted by Crippen LogP contribution is -2.33. The third-order valence-corrected chi connectivity index (χ3v) is 7.34. The molecule has 0 N–H and O–H groups in total. The van der Waals surface area contributed by atoms with Gasteiger partial charge < -0.3 is 4.52 Å². The number of fused-ring (bicyclic) bond motifs is 1. The SMILES string of the molecule is CCCN(CCC)S(=O)(=O)c1c(C)nn(Cc2noc3c2CCCC3)c1C. The van der Waals surface area contributed by atoms with Gasteiger partial charge in [-0.25, -0.2) is 8.42 Å². The number of nitrogens with zero attached hydrogens (tertiary/aromatic N) is 4. The van der Waals surface area contributed by atoms with Crippen molar-refractivity contribution in [3.63, 3.8) is 0 Å². The van der Waals surface area contributed by atoms with Crippen molar-refractivity contribution in [2.75, 3.05) is 13.1 Å². The molecule has 2 heterocycles. The van der Waals surface area contributed by atoms with Gasteiger partial charge in [-0.1, -0.05) is 19.0 Å². The fourth-order valence-corrected chi connectivity index (χ4v) is 5.90. The monoisotopic (exact) mass is 394 g/mol. The fraction of sp³-hybridized carbons (Fsp3) is 0.684. The quantitative estimate of drug-likeness (QED) is 0.687. The molecule has 0 bridgehead atoms. The molecule has 0 spiro atoms. The topological polar surface area (TPSA) is 81.2 Å². The van der Waals surface area contributed by atoms with Crippen LogP contribution in [0.1, 0.15) is 67.9 Å². The summed E-state index contributed by atoms with van der Waals surface area (Å²) >= 11 is 0. The lowest BCUT2D eigenvalue weighted by Gasteiger charge is -2.21. The van der Waals surface area contributed by atoms with Crippen LogP contribution >= 0.6 is 0 Å². The van der Waals surface area contributed by atoms with Gasteiger partial charge in [0.2, 0.25) is 10.0 Å². The Morgan fingerprint density at radius 2 is 1.78 bits per heavy atom. The lowest BCUT2D eigenvalue weighted by atomic mass is 9.96. The predicted molar refractivity (Wildman–Crippen MR) is 103 cm³/mol. The summed E-state index contributed by atoms with van der Waals surface area (Å²) in [6, 6.07) is 0. The average Bonchev–Trinajstić information content (AvgIpc) is 3.16. The van der Waals surface area contributed by atoms with E-state index in [-0.39, 0.29) is 0 Å². The van der Waals surface area contributed by atoms with Gasteiger partial charge in [-0.05, 0) is 46.0 Å². The van der Waals surface area contributed by atoms with E-state index in [4.69, 9.17) is 4.52 Å². The molecule has 27 heavy (non-hydrogen) atoms. The molecule has 1 aliphatic carbocycles. The zero-order valence-electron chi connectivity index (χ0n) is 16.8. The second-order valence-corrected chi connectivity index (χ2v) is 9.17. The van der Waals surface area contributed by atoms with Crippen LogP contribution in [0.3, 0.4) is 0 Å². The highest BCUT2D eigenvalue weighted by molar-refractivity contribution is 7.89. The molecule has 3 rings (SSSR count). The molecular weight excluding hydrogens is 364 g/mol. The van der Waals surface area contributed by atoms with Crippen molar-refractivity contribution < 1.29 is 12.9 Å². The van der Waals surface area contributed by atoms with Crippen molar-refractivity contribution in [3.05, 3.63) is 28.4 Å². The Labute approximate surface area is 161 Å². The van der Waals surface area contributed by atoms with Gasteiger partial charge in [0, 0.05) is 25.1 Å². The first-order chi connectivity index (χ1) is 12.9. The van der Waals surface area contributed by atoms with Crippen molar-refractivity contribution in [2.45, 2.75) is 77.7 Å². The van der Waals surface area contributed by atoms with E-state index in [9.17, 15) is 8.42 Å². The Morgan fingerprint density at radius 1 is 1.11 bits per heavy atom. The average molecular weight is 395 g/mol. The fourth-order valence-electron chi connectivity index (χ4n) is 3.90. The summed E-state index contributed by atoms with van der Waals surface area (Å²) in [5.74, 6) is 0.975. The van der Waals surface area contributed by atoms with Crippen molar-refractivity contribution >= 4 is 10.0 Å². The molecule has 2 aromatic rings. The molecule has 0 saturated carbocycles. The van der Waals surface area contributed by atoms with E-state index in [1.165, 1.54) is 5.56 Å². The maximum atomic E-state index is 13.2. The van der Waals surface area contributed by atoms with Gasteiger partial charge >= 0.3 is 0 Å². The Morgan fingerprint density at radius 3 is 2.44 bits per heavy atom. The molecule has 0 radical (unpaired) electrons. The van der Waals surface area contributed by atoms with E-state index in [0.717, 1.165) is 50.0 Å². The Hall–Kier alpha value is -1.67. The molecule has 0 atom stereocenters. The summed E-state index contributed by atoms with van der Waals surface area (Å²) in [6.07, 6.45) is 5.75. The highest BCUT2D eigenvalue weighted by Crippen LogP contribution is 2.27. The first kappa shape index (κ1) is 20.1. The van der Waals surface area contributed by atoms with E-state index in [1.807, 2.05) is 20.8 Å². The van der Waals surface area contributed by atoms with Crippen molar-refractivity contribution in [1.82, 2.24) is 19.2 Å². The van der Waals surface area contributed by atoms with Gasteiger partial charge in [0.1, 0.15) is 16.3 Å². The molecule has 0 aromatic carbocycles. The van der Waals surface area contributed by atoms with E-state index in [0.29, 0.717) is 35.9 Å². The van der Waals surface area contributed by atoms with Gasteiger partial charge in [0.25, 0.3) is 0 Å². The molecule has 2 aromatic heterocycles. The third-order valence-electron chi connectivity index (χ3n) is 5.19. The van der Waals surface area contributed by atoms with Gasteiger partial charge in [-0.2, -0.15) is 9.40 Å². The molecule has 0 aliphatic heterocycles. The predicted octanol–water partition coefficient (Wildman–Crippen LogP) is 3.23. The zero-order chi connectivity index (χ0) is 19.6. The minimum Gasteiger partial charge on any atom is -0.361 e. The Bertz CT molecular complexity index is 892. The van der Waals surface area contributed by atoms with Gasteiger partial charge in [-0.15, -0.1) is 0 Å². The normalized spacial score (nSPS) is 14.7. The van der Waals surface area contributed by atoms with Crippen LogP contribution in [0, 0.1) is 13.8 Å². The summed E-state index contributed by atoms with van der Waals surface area (Å²) in [4.78, 5) is 0.335. The van der Waals surface area contributed by atoms with Crippen LogP contribution in [0.25, 0.3) is 0 Å². The molecule has 1 aliphatic rings. The summed E-state index contributed by atoms with van der Waals surface area (Å²) in [6.45, 7) is 9.08. The van der Waals surface area contributed by atoms with E-state index < -0.39 is 10.0 Å². The van der Waals surface area contributed by atoms with Crippen LogP contribution in [0.4, 0.5) is 0 Å². The number of hydrogen-bond donors (Lipinski definition) is 0. The highest BCUT2D eigenvalue weighted by atomic mass is 32.2. The Balaban J connectivity index is 1.94. The smallest absolute Gasteiger partial charge is 0.246 e. The molecule has 0 unspecified atom stereocenters. The highest BCUT2D eigenvalue weighted by Gasteiger charge is 2.30. The minimum atomic E-state index is -3.56. The maximum Gasteiger partial charge on any atom is 0.246 e. The van der Waals surface area contributed by atoms with Gasteiger partial charge in [-0.3, -0.25) is 4.68 Å². The second kappa shape index (κ2) is 8.14. The van der Waals surface area contributed by atoms with Crippen molar-refractivity contribution in [2.24, 2.45) is 0 Å². The first-order valence-corrected chi connectivity index (χ1v) is 11.3. The standard InChI is InChI=1S/C19H30N4O3S/c1-5-11-22(12-6-2)27(24,25)19-14(3)20-23(15(19)4)13-17-16-9-7-8-10-18(16)26-21-17/h5-13H2,1-4H3. The number of aryl methyl sites for hydroxylation is 2. The van der Waals surface area contributed by atoms with Crippen LogP contribution in [0.15, 0.2) is 9.42 Å². The maximum absolute atomic E-state index is 13.2. The molecule has 0 saturated heterocycles. The first-order valence-electron chi connectivity index (χ1n) is 9.90. The molecular formula is C19H30N4O3S. The van der Waals surface area contributed by atoms with Gasteiger partial charge in [0.15, 0.2) is 0 Å².